The minimum absolute atomic E-state index is 0.268. The third kappa shape index (κ3) is 3.56. The van der Waals surface area contributed by atoms with Gasteiger partial charge in [-0.3, -0.25) is 9.59 Å². The van der Waals surface area contributed by atoms with Crippen molar-refractivity contribution >= 4 is 46.0 Å². The summed E-state index contributed by atoms with van der Waals surface area (Å²) in [6.45, 7) is 0.620. The topological polar surface area (TPSA) is 59.1 Å². The van der Waals surface area contributed by atoms with E-state index in [0.29, 0.717) is 57.5 Å². The summed E-state index contributed by atoms with van der Waals surface area (Å²) >= 11 is 12.8. The Hall–Kier alpha value is -4.26. The molecule has 2 aliphatic rings. The third-order valence-corrected chi connectivity index (χ3v) is 7.34. The van der Waals surface area contributed by atoms with Crippen LogP contribution in [0, 0.1) is 0 Å². The summed E-state index contributed by atoms with van der Waals surface area (Å²) in [7, 11) is 0. The van der Waals surface area contributed by atoms with Gasteiger partial charge in [-0.25, -0.2) is 0 Å². The Morgan fingerprint density at radius 1 is 0.553 bits per heavy atom. The second-order valence-electron chi connectivity index (χ2n) is 9.17. The molecule has 0 fully saturated rings. The molecule has 5 aromatic rings. The Morgan fingerprint density at radius 3 is 1.42 bits per heavy atom. The predicted octanol–water partition coefficient (Wildman–Crippen LogP) is 7.48. The number of para-hydroxylation sites is 2. The maximum absolute atomic E-state index is 13.3. The number of hydrogen-bond acceptors (Lipinski definition) is 6. The fraction of sp³-hybridized carbons (Fsp3) is 0.0667. The largest absolute Gasteiger partial charge is 0.455 e. The van der Waals surface area contributed by atoms with Crippen LogP contribution in [0.4, 0.5) is 22.7 Å². The Balaban J connectivity index is 1.45. The fourth-order valence-corrected chi connectivity index (χ4v) is 5.39. The summed E-state index contributed by atoms with van der Waals surface area (Å²) in [4.78, 5) is 30.3. The van der Waals surface area contributed by atoms with E-state index < -0.39 is 10.9 Å². The van der Waals surface area contributed by atoms with Gasteiger partial charge in [-0.1, -0.05) is 59.6 Å². The minimum Gasteiger partial charge on any atom is -0.455 e. The van der Waals surface area contributed by atoms with Gasteiger partial charge in [0.2, 0.25) is 0 Å². The second-order valence-corrected chi connectivity index (χ2v) is 10.0. The Bertz CT molecular complexity index is 1690. The first-order chi connectivity index (χ1) is 18.5. The van der Waals surface area contributed by atoms with Gasteiger partial charge >= 0.3 is 0 Å². The fourth-order valence-electron chi connectivity index (χ4n) is 5.06. The van der Waals surface area contributed by atoms with Crippen molar-refractivity contribution in [2.75, 3.05) is 9.80 Å². The molecule has 7 rings (SSSR count). The molecule has 0 unspecified atom stereocenters. The van der Waals surface area contributed by atoms with Gasteiger partial charge < -0.3 is 19.3 Å². The molecule has 186 valence electrons. The summed E-state index contributed by atoms with van der Waals surface area (Å²) in [5.74, 6) is 2.42. The highest BCUT2D eigenvalue weighted by Crippen LogP contribution is 2.48. The van der Waals surface area contributed by atoms with Crippen LogP contribution in [-0.2, 0) is 13.1 Å². The molecule has 5 aromatic carbocycles. The van der Waals surface area contributed by atoms with Crippen molar-refractivity contribution in [3.63, 3.8) is 0 Å². The van der Waals surface area contributed by atoms with Crippen molar-refractivity contribution in [1.82, 2.24) is 0 Å². The number of fused-ring (bicyclic) bond motifs is 4. The van der Waals surface area contributed by atoms with Crippen molar-refractivity contribution in [1.29, 1.82) is 0 Å². The van der Waals surface area contributed by atoms with Gasteiger partial charge in [-0.15, -0.1) is 0 Å². The van der Waals surface area contributed by atoms with Gasteiger partial charge in [0.25, 0.3) is 10.9 Å². The summed E-state index contributed by atoms with van der Waals surface area (Å²) in [6, 6.07) is 25.7. The first-order valence-electron chi connectivity index (χ1n) is 12.0. The Kier molecular flexibility index (Phi) is 5.21. The zero-order valence-electron chi connectivity index (χ0n) is 19.8. The van der Waals surface area contributed by atoms with Crippen LogP contribution in [0.1, 0.15) is 11.1 Å². The summed E-state index contributed by atoms with van der Waals surface area (Å²) in [6.07, 6.45) is 0. The number of halogens is 2. The molecule has 0 atom stereocenters. The highest BCUT2D eigenvalue weighted by atomic mass is 35.5. The standard InChI is InChI=1S/C30H18Cl2N2O4/c31-19-9-11-25-21(13-19)33(15-17-5-1-3-7-23(17)37-25)27-28(30(36)29(27)35)34-16-18-6-2-4-8-24(18)38-26-12-10-20(32)14-22(26)34/h1-14H,15-16H2. The van der Waals surface area contributed by atoms with Crippen LogP contribution >= 0.6 is 23.2 Å². The van der Waals surface area contributed by atoms with Gasteiger partial charge in [0.05, 0.1) is 24.5 Å². The molecule has 0 bridgehead atoms. The molecule has 0 saturated carbocycles. The van der Waals surface area contributed by atoms with Crippen LogP contribution in [0.25, 0.3) is 0 Å². The quantitative estimate of drug-likeness (QED) is 0.216. The first kappa shape index (κ1) is 22.9. The number of rotatable bonds is 2. The normalized spacial score (nSPS) is 13.8. The van der Waals surface area contributed by atoms with Gasteiger partial charge in [0, 0.05) is 21.2 Å². The number of nitrogens with zero attached hydrogens (tertiary/aromatic N) is 2. The molecule has 0 aromatic heterocycles. The highest BCUT2D eigenvalue weighted by Gasteiger charge is 2.36. The summed E-state index contributed by atoms with van der Waals surface area (Å²) in [5.41, 5.74) is 2.31. The van der Waals surface area contributed by atoms with Gasteiger partial charge in [-0.2, -0.15) is 0 Å². The van der Waals surface area contributed by atoms with E-state index in [-0.39, 0.29) is 11.4 Å². The summed E-state index contributed by atoms with van der Waals surface area (Å²) < 4.78 is 12.4. The molecule has 2 heterocycles. The van der Waals surface area contributed by atoms with E-state index in [1.807, 2.05) is 58.3 Å². The first-order valence-corrected chi connectivity index (χ1v) is 12.7. The van der Waals surface area contributed by atoms with E-state index in [0.717, 1.165) is 11.1 Å². The zero-order chi connectivity index (χ0) is 26.0. The lowest BCUT2D eigenvalue weighted by atomic mass is 10.1. The van der Waals surface area contributed by atoms with Crippen LogP contribution < -0.4 is 30.1 Å². The lowest BCUT2D eigenvalue weighted by Gasteiger charge is -2.32. The maximum atomic E-state index is 13.3. The highest BCUT2D eigenvalue weighted by molar-refractivity contribution is 6.31. The maximum Gasteiger partial charge on any atom is 0.253 e. The van der Waals surface area contributed by atoms with Crippen LogP contribution in [0.3, 0.4) is 0 Å². The molecule has 0 aliphatic carbocycles. The molecular weight excluding hydrogens is 523 g/mol. The lowest BCUT2D eigenvalue weighted by molar-refractivity contribution is 0.483. The van der Waals surface area contributed by atoms with Crippen LogP contribution in [0.15, 0.2) is 94.5 Å². The van der Waals surface area contributed by atoms with Crippen molar-refractivity contribution in [3.8, 4) is 23.0 Å². The van der Waals surface area contributed by atoms with Crippen molar-refractivity contribution in [2.45, 2.75) is 13.1 Å². The predicted molar refractivity (Wildman–Crippen MR) is 149 cm³/mol. The third-order valence-electron chi connectivity index (χ3n) is 6.87. The number of hydrogen-bond donors (Lipinski definition) is 0. The van der Waals surface area contributed by atoms with Crippen LogP contribution in [0.2, 0.25) is 10.0 Å². The molecule has 0 amide bonds. The Morgan fingerprint density at radius 2 is 0.974 bits per heavy atom. The van der Waals surface area contributed by atoms with E-state index in [1.165, 1.54) is 0 Å². The van der Waals surface area contributed by atoms with Crippen molar-refractivity contribution < 1.29 is 9.47 Å². The molecule has 0 saturated heterocycles. The Labute approximate surface area is 227 Å². The van der Waals surface area contributed by atoms with E-state index >= 15 is 0 Å². The smallest absolute Gasteiger partial charge is 0.253 e. The molecule has 0 spiro atoms. The van der Waals surface area contributed by atoms with Crippen molar-refractivity contribution in [3.05, 3.63) is 127 Å². The number of benzene rings is 4. The molecule has 2 aliphatic heterocycles. The lowest BCUT2D eigenvalue weighted by Crippen LogP contribution is -2.43. The van der Waals surface area contributed by atoms with Gasteiger partial charge in [-0.05, 0) is 48.5 Å². The van der Waals surface area contributed by atoms with E-state index in [4.69, 9.17) is 32.7 Å². The SMILES string of the molecule is O=c1c(N2Cc3ccccc3Oc3ccc(Cl)cc32)c(N2Cc3ccccc3Oc3ccc(Cl)cc32)c1=O. The minimum atomic E-state index is -0.577. The summed E-state index contributed by atoms with van der Waals surface area (Å²) in [5, 5.41) is 0.968. The molecule has 0 N–H and O–H groups in total. The van der Waals surface area contributed by atoms with Crippen molar-refractivity contribution in [2.24, 2.45) is 0 Å². The molecule has 38 heavy (non-hydrogen) atoms. The zero-order valence-corrected chi connectivity index (χ0v) is 21.3. The van der Waals surface area contributed by atoms with Crippen LogP contribution in [0.5, 0.6) is 23.0 Å². The van der Waals surface area contributed by atoms with E-state index in [1.54, 1.807) is 36.4 Å². The average molecular weight is 541 g/mol. The van der Waals surface area contributed by atoms with Gasteiger partial charge in [0.1, 0.15) is 22.9 Å². The van der Waals surface area contributed by atoms with E-state index in [2.05, 4.69) is 0 Å². The van der Waals surface area contributed by atoms with Crippen LogP contribution in [-0.4, -0.2) is 0 Å². The number of anilines is 4. The monoisotopic (exact) mass is 540 g/mol. The molecule has 6 nitrogen and oxygen atoms in total. The molecular formula is C30H18Cl2N2O4. The second kappa shape index (κ2) is 8.65. The molecule has 8 heteroatoms. The average Bonchev–Trinajstić information content (AvgIpc) is 3.18. The molecule has 0 radical (unpaired) electrons. The van der Waals surface area contributed by atoms with Gasteiger partial charge in [0.15, 0.2) is 11.5 Å². The number of ether oxygens (including phenoxy) is 2. The van der Waals surface area contributed by atoms with E-state index in [9.17, 15) is 9.59 Å².